The molecule has 0 radical (unpaired) electrons. The van der Waals surface area contributed by atoms with Crippen LogP contribution in [0.3, 0.4) is 0 Å². The molecule has 2 aromatic heterocycles. The Morgan fingerprint density at radius 2 is 2.00 bits per heavy atom. The summed E-state index contributed by atoms with van der Waals surface area (Å²) in [6, 6.07) is 14.8. The van der Waals surface area contributed by atoms with Crippen LogP contribution >= 0.6 is 11.3 Å². The zero-order valence-electron chi connectivity index (χ0n) is 12.3. The Bertz CT molecular complexity index is 700. The quantitative estimate of drug-likeness (QED) is 0.776. The molecule has 3 aromatic rings. The molecule has 0 aliphatic heterocycles. The fourth-order valence-electron chi connectivity index (χ4n) is 2.42. The van der Waals surface area contributed by atoms with Crippen LogP contribution in [0.5, 0.6) is 0 Å². The number of rotatable bonds is 5. The number of para-hydroxylation sites is 1. The van der Waals surface area contributed by atoms with Crippen LogP contribution in [0.15, 0.2) is 54.9 Å². The fourth-order valence-corrected chi connectivity index (χ4v) is 3.51. The summed E-state index contributed by atoms with van der Waals surface area (Å²) in [5, 5.41) is 7.88. The third-order valence-corrected chi connectivity index (χ3v) is 4.86. The Balaban J connectivity index is 1.90. The van der Waals surface area contributed by atoms with Crippen molar-refractivity contribution in [3.63, 3.8) is 0 Å². The van der Waals surface area contributed by atoms with E-state index in [1.807, 2.05) is 47.5 Å². The molecule has 0 bridgehead atoms. The van der Waals surface area contributed by atoms with Crippen molar-refractivity contribution in [2.45, 2.75) is 19.4 Å². The molecule has 21 heavy (non-hydrogen) atoms. The molecule has 1 unspecified atom stereocenters. The molecule has 0 aliphatic carbocycles. The van der Waals surface area contributed by atoms with E-state index in [0.29, 0.717) is 0 Å². The number of aromatic nitrogens is 2. The van der Waals surface area contributed by atoms with Gasteiger partial charge in [0.25, 0.3) is 0 Å². The molecule has 0 amide bonds. The van der Waals surface area contributed by atoms with Gasteiger partial charge in [0.05, 0.1) is 17.9 Å². The van der Waals surface area contributed by atoms with E-state index < -0.39 is 0 Å². The Labute approximate surface area is 129 Å². The van der Waals surface area contributed by atoms with Crippen LogP contribution in [0.25, 0.3) is 5.69 Å². The zero-order chi connectivity index (χ0) is 14.7. The highest BCUT2D eigenvalue weighted by atomic mass is 32.1. The van der Waals surface area contributed by atoms with Crippen LogP contribution in [0, 0.1) is 0 Å². The Kier molecular flexibility index (Phi) is 4.18. The van der Waals surface area contributed by atoms with Gasteiger partial charge in [0.1, 0.15) is 0 Å². The molecule has 2 heterocycles. The molecule has 1 atom stereocenters. The predicted octanol–water partition coefficient (Wildman–Crippen LogP) is 3.81. The first-order chi connectivity index (χ1) is 10.3. The van der Waals surface area contributed by atoms with Gasteiger partial charge in [-0.3, -0.25) is 0 Å². The van der Waals surface area contributed by atoms with Crippen molar-refractivity contribution < 1.29 is 0 Å². The van der Waals surface area contributed by atoms with Crippen LogP contribution in [-0.2, 0) is 6.42 Å². The third kappa shape index (κ3) is 2.91. The number of benzene rings is 1. The van der Waals surface area contributed by atoms with Gasteiger partial charge in [-0.05, 0) is 37.7 Å². The number of hydrogen-bond acceptors (Lipinski definition) is 3. The summed E-state index contributed by atoms with van der Waals surface area (Å²) < 4.78 is 1.92. The molecule has 3 rings (SSSR count). The fraction of sp³-hybridized carbons (Fsp3) is 0.235. The maximum atomic E-state index is 4.49. The first-order valence-corrected chi connectivity index (χ1v) is 7.99. The SMILES string of the molecule is CCc1ccc(C(NC)c2cnn(-c3ccccc3)c2)s1. The maximum Gasteiger partial charge on any atom is 0.0699 e. The van der Waals surface area contributed by atoms with Crippen LogP contribution < -0.4 is 5.32 Å². The summed E-state index contributed by atoms with van der Waals surface area (Å²) in [7, 11) is 2.00. The lowest BCUT2D eigenvalue weighted by Gasteiger charge is -2.12. The van der Waals surface area contributed by atoms with E-state index >= 15 is 0 Å². The average molecular weight is 297 g/mol. The summed E-state index contributed by atoms with van der Waals surface area (Å²) in [4.78, 5) is 2.75. The number of thiophene rings is 1. The molecule has 0 aliphatic rings. The van der Waals surface area contributed by atoms with E-state index in [-0.39, 0.29) is 6.04 Å². The van der Waals surface area contributed by atoms with Crippen LogP contribution in [0.1, 0.15) is 28.3 Å². The average Bonchev–Trinajstić information content (AvgIpc) is 3.19. The lowest BCUT2D eigenvalue weighted by molar-refractivity contribution is 0.703. The topological polar surface area (TPSA) is 29.9 Å². The second kappa shape index (κ2) is 6.24. The molecule has 0 saturated heterocycles. The summed E-state index contributed by atoms with van der Waals surface area (Å²) >= 11 is 1.87. The van der Waals surface area contributed by atoms with Gasteiger partial charge in [0.2, 0.25) is 0 Å². The highest BCUT2D eigenvalue weighted by Crippen LogP contribution is 2.28. The number of nitrogens with zero attached hydrogens (tertiary/aromatic N) is 2. The first kappa shape index (κ1) is 14.0. The van der Waals surface area contributed by atoms with Gasteiger partial charge in [-0.1, -0.05) is 25.1 Å². The minimum absolute atomic E-state index is 0.202. The van der Waals surface area contributed by atoms with Crippen molar-refractivity contribution in [3.05, 3.63) is 70.2 Å². The highest BCUT2D eigenvalue weighted by Gasteiger charge is 2.16. The van der Waals surface area contributed by atoms with Crippen molar-refractivity contribution in [2.75, 3.05) is 7.05 Å². The molecule has 0 spiro atoms. The van der Waals surface area contributed by atoms with Crippen LogP contribution in [0.2, 0.25) is 0 Å². The Hall–Kier alpha value is -1.91. The van der Waals surface area contributed by atoms with Crippen molar-refractivity contribution >= 4 is 11.3 Å². The van der Waals surface area contributed by atoms with Gasteiger partial charge in [0, 0.05) is 21.5 Å². The molecule has 0 fully saturated rings. The van der Waals surface area contributed by atoms with E-state index in [2.05, 4.69) is 47.8 Å². The lowest BCUT2D eigenvalue weighted by atomic mass is 10.1. The highest BCUT2D eigenvalue weighted by molar-refractivity contribution is 7.12. The largest absolute Gasteiger partial charge is 0.309 e. The summed E-state index contributed by atoms with van der Waals surface area (Å²) in [6.07, 6.45) is 5.13. The van der Waals surface area contributed by atoms with Gasteiger partial charge in [-0.25, -0.2) is 4.68 Å². The van der Waals surface area contributed by atoms with Gasteiger partial charge in [-0.15, -0.1) is 11.3 Å². The van der Waals surface area contributed by atoms with Crippen molar-refractivity contribution in [1.82, 2.24) is 15.1 Å². The molecule has 4 heteroatoms. The second-order valence-corrected chi connectivity index (χ2v) is 6.13. The standard InChI is InChI=1S/C17H19N3S/c1-3-15-9-10-16(21-15)17(18-2)13-11-19-20(12-13)14-7-5-4-6-8-14/h4-12,17-18H,3H2,1-2H3. The normalized spacial score (nSPS) is 12.5. The smallest absolute Gasteiger partial charge is 0.0699 e. The third-order valence-electron chi connectivity index (χ3n) is 3.56. The van der Waals surface area contributed by atoms with Gasteiger partial charge < -0.3 is 5.32 Å². The zero-order valence-corrected chi connectivity index (χ0v) is 13.1. The second-order valence-electron chi connectivity index (χ2n) is 4.93. The summed E-state index contributed by atoms with van der Waals surface area (Å²) in [5.74, 6) is 0. The van der Waals surface area contributed by atoms with Gasteiger partial charge in [0.15, 0.2) is 0 Å². The summed E-state index contributed by atoms with van der Waals surface area (Å²) in [5.41, 5.74) is 2.27. The number of nitrogens with one attached hydrogen (secondary N) is 1. The van der Waals surface area contributed by atoms with Crippen molar-refractivity contribution in [2.24, 2.45) is 0 Å². The number of hydrogen-bond donors (Lipinski definition) is 1. The van der Waals surface area contributed by atoms with E-state index in [0.717, 1.165) is 12.1 Å². The number of aryl methyl sites for hydroxylation is 1. The summed E-state index contributed by atoms with van der Waals surface area (Å²) in [6.45, 7) is 2.19. The predicted molar refractivity (Wildman–Crippen MR) is 88.2 cm³/mol. The van der Waals surface area contributed by atoms with Crippen molar-refractivity contribution in [3.8, 4) is 5.69 Å². The molecule has 3 nitrogen and oxygen atoms in total. The van der Waals surface area contributed by atoms with Gasteiger partial charge in [-0.2, -0.15) is 5.10 Å². The maximum absolute atomic E-state index is 4.49. The van der Waals surface area contributed by atoms with Gasteiger partial charge >= 0.3 is 0 Å². The Morgan fingerprint density at radius 1 is 1.19 bits per heavy atom. The van der Waals surface area contributed by atoms with Crippen molar-refractivity contribution in [1.29, 1.82) is 0 Å². The van der Waals surface area contributed by atoms with E-state index in [1.165, 1.54) is 15.3 Å². The molecular formula is C17H19N3S. The molecule has 1 aromatic carbocycles. The van der Waals surface area contributed by atoms with Crippen LogP contribution in [0.4, 0.5) is 0 Å². The molecular weight excluding hydrogens is 278 g/mol. The minimum atomic E-state index is 0.202. The lowest BCUT2D eigenvalue weighted by Crippen LogP contribution is -2.15. The minimum Gasteiger partial charge on any atom is -0.309 e. The van der Waals surface area contributed by atoms with E-state index in [9.17, 15) is 0 Å². The monoisotopic (exact) mass is 297 g/mol. The molecule has 0 saturated carbocycles. The first-order valence-electron chi connectivity index (χ1n) is 7.17. The molecule has 108 valence electrons. The molecule has 1 N–H and O–H groups in total. The Morgan fingerprint density at radius 3 is 2.67 bits per heavy atom. The van der Waals surface area contributed by atoms with E-state index in [1.54, 1.807) is 0 Å². The van der Waals surface area contributed by atoms with Crippen LogP contribution in [-0.4, -0.2) is 16.8 Å². The van der Waals surface area contributed by atoms with E-state index in [4.69, 9.17) is 0 Å².